The standard InChI is InChI=1S/C24H19ClN4O3/c1-16(17-6-3-2-4-7-17)28-15-26-22-21(28)23(30)27(14-20-8-5-13-32-20)24(31)29(22)19-11-9-18(25)10-12-19/h2-13,15-16H,14H2,1H3/t16-/m0/s1. The molecule has 8 heteroatoms. The molecule has 32 heavy (non-hydrogen) atoms. The van der Waals surface area contributed by atoms with Gasteiger partial charge in [-0.25, -0.2) is 14.3 Å². The lowest BCUT2D eigenvalue weighted by Gasteiger charge is -2.16. The number of rotatable bonds is 5. The van der Waals surface area contributed by atoms with E-state index in [4.69, 9.17) is 16.0 Å². The first-order valence-corrected chi connectivity index (χ1v) is 10.5. The van der Waals surface area contributed by atoms with E-state index in [1.807, 2.05) is 37.3 Å². The molecule has 2 aromatic carbocycles. The molecule has 0 bridgehead atoms. The first-order valence-electron chi connectivity index (χ1n) is 10.1. The van der Waals surface area contributed by atoms with Crippen molar-refractivity contribution in [3.8, 4) is 5.69 Å². The van der Waals surface area contributed by atoms with Gasteiger partial charge in [0.25, 0.3) is 5.56 Å². The zero-order valence-corrected chi connectivity index (χ0v) is 17.9. The molecule has 0 radical (unpaired) electrons. The van der Waals surface area contributed by atoms with E-state index < -0.39 is 11.2 Å². The average molecular weight is 447 g/mol. The fourth-order valence-corrected chi connectivity index (χ4v) is 3.98. The van der Waals surface area contributed by atoms with E-state index in [1.165, 1.54) is 15.4 Å². The molecule has 0 saturated heterocycles. The quantitative estimate of drug-likeness (QED) is 0.404. The molecule has 0 saturated carbocycles. The van der Waals surface area contributed by atoms with Crippen molar-refractivity contribution in [1.82, 2.24) is 18.7 Å². The maximum Gasteiger partial charge on any atom is 0.337 e. The highest BCUT2D eigenvalue weighted by Crippen LogP contribution is 2.23. The van der Waals surface area contributed by atoms with Crippen LogP contribution < -0.4 is 11.2 Å². The lowest BCUT2D eigenvalue weighted by Crippen LogP contribution is -2.40. The van der Waals surface area contributed by atoms with Crippen LogP contribution in [0.1, 0.15) is 24.3 Å². The summed E-state index contributed by atoms with van der Waals surface area (Å²) in [6.07, 6.45) is 3.12. The summed E-state index contributed by atoms with van der Waals surface area (Å²) in [6, 6.07) is 20.0. The smallest absolute Gasteiger partial charge is 0.337 e. The van der Waals surface area contributed by atoms with Crippen molar-refractivity contribution in [3.05, 3.63) is 117 Å². The molecule has 0 fully saturated rings. The molecule has 0 unspecified atom stereocenters. The second-order valence-corrected chi connectivity index (χ2v) is 7.91. The number of furan rings is 1. The van der Waals surface area contributed by atoms with Crippen LogP contribution in [0.15, 0.2) is 93.3 Å². The molecule has 0 spiro atoms. The number of aromatic nitrogens is 4. The van der Waals surface area contributed by atoms with Crippen molar-refractivity contribution in [2.75, 3.05) is 0 Å². The van der Waals surface area contributed by atoms with E-state index in [0.717, 1.165) is 5.56 Å². The third kappa shape index (κ3) is 3.36. The SMILES string of the molecule is C[C@@H](c1ccccc1)n1cnc2c1c(=O)n(Cc1ccco1)c(=O)n2-c1ccc(Cl)cc1. The van der Waals surface area contributed by atoms with Gasteiger partial charge in [-0.15, -0.1) is 0 Å². The molecule has 0 aliphatic rings. The highest BCUT2D eigenvalue weighted by Gasteiger charge is 2.22. The predicted molar refractivity (Wildman–Crippen MR) is 123 cm³/mol. The molecule has 1 atom stereocenters. The molecule has 0 N–H and O–H groups in total. The van der Waals surface area contributed by atoms with Crippen LogP contribution in [0.3, 0.4) is 0 Å². The number of hydrogen-bond acceptors (Lipinski definition) is 4. The van der Waals surface area contributed by atoms with Gasteiger partial charge in [-0.05, 0) is 48.9 Å². The highest BCUT2D eigenvalue weighted by atomic mass is 35.5. The molecule has 7 nitrogen and oxygen atoms in total. The van der Waals surface area contributed by atoms with Gasteiger partial charge in [-0.3, -0.25) is 9.36 Å². The zero-order valence-electron chi connectivity index (χ0n) is 17.2. The second kappa shape index (κ2) is 8.01. The lowest BCUT2D eigenvalue weighted by molar-refractivity contribution is 0.482. The Labute approximate surface area is 187 Å². The summed E-state index contributed by atoms with van der Waals surface area (Å²) in [5.74, 6) is 0.508. The van der Waals surface area contributed by atoms with Crippen LogP contribution in [0.4, 0.5) is 0 Å². The molecular weight excluding hydrogens is 428 g/mol. The van der Waals surface area contributed by atoms with Gasteiger partial charge in [0.2, 0.25) is 0 Å². The summed E-state index contributed by atoms with van der Waals surface area (Å²) in [5, 5.41) is 0.546. The monoisotopic (exact) mass is 446 g/mol. The minimum atomic E-state index is -0.501. The Kier molecular flexibility index (Phi) is 5.03. The molecule has 3 aromatic heterocycles. The maximum atomic E-state index is 13.6. The topological polar surface area (TPSA) is 75.0 Å². The molecule has 5 rings (SSSR count). The summed E-state index contributed by atoms with van der Waals surface area (Å²) >= 11 is 6.05. The summed E-state index contributed by atoms with van der Waals surface area (Å²) < 4.78 is 9.81. The third-order valence-electron chi connectivity index (χ3n) is 5.53. The Morgan fingerprint density at radius 2 is 1.75 bits per heavy atom. The fourth-order valence-electron chi connectivity index (χ4n) is 3.85. The number of nitrogens with zero attached hydrogens (tertiary/aromatic N) is 4. The molecule has 0 aliphatic heterocycles. The first kappa shape index (κ1) is 20.1. The Bertz CT molecular complexity index is 1500. The average Bonchev–Trinajstić information content (AvgIpc) is 3.48. The normalized spacial score (nSPS) is 12.3. The van der Waals surface area contributed by atoms with Crippen LogP contribution >= 0.6 is 11.6 Å². The highest BCUT2D eigenvalue weighted by molar-refractivity contribution is 6.30. The Morgan fingerprint density at radius 3 is 2.44 bits per heavy atom. The van der Waals surface area contributed by atoms with E-state index in [1.54, 1.807) is 47.3 Å². The zero-order chi connectivity index (χ0) is 22.2. The maximum absolute atomic E-state index is 13.6. The molecular formula is C24H19ClN4O3. The Hall–Kier alpha value is -3.84. The van der Waals surface area contributed by atoms with Crippen LogP contribution in [0, 0.1) is 0 Å². The van der Waals surface area contributed by atoms with Gasteiger partial charge < -0.3 is 8.98 Å². The summed E-state index contributed by atoms with van der Waals surface area (Å²) in [4.78, 5) is 31.5. The van der Waals surface area contributed by atoms with E-state index >= 15 is 0 Å². The van der Waals surface area contributed by atoms with Crippen LogP contribution in [-0.4, -0.2) is 18.7 Å². The van der Waals surface area contributed by atoms with Gasteiger partial charge in [0.05, 0.1) is 30.9 Å². The van der Waals surface area contributed by atoms with E-state index in [-0.39, 0.29) is 12.6 Å². The number of benzene rings is 2. The first-order chi connectivity index (χ1) is 15.5. The van der Waals surface area contributed by atoms with Crippen molar-refractivity contribution in [2.24, 2.45) is 0 Å². The number of halogens is 1. The van der Waals surface area contributed by atoms with Crippen molar-refractivity contribution in [1.29, 1.82) is 0 Å². The van der Waals surface area contributed by atoms with Gasteiger partial charge in [-0.1, -0.05) is 41.9 Å². The molecule has 0 amide bonds. The van der Waals surface area contributed by atoms with Gasteiger partial charge >= 0.3 is 5.69 Å². The Morgan fingerprint density at radius 1 is 1.00 bits per heavy atom. The number of imidazole rings is 1. The third-order valence-corrected chi connectivity index (χ3v) is 5.79. The second-order valence-electron chi connectivity index (χ2n) is 7.48. The lowest BCUT2D eigenvalue weighted by atomic mass is 10.1. The summed E-state index contributed by atoms with van der Waals surface area (Å²) in [5.41, 5.74) is 1.29. The van der Waals surface area contributed by atoms with Gasteiger partial charge in [0.1, 0.15) is 5.76 Å². The van der Waals surface area contributed by atoms with Crippen molar-refractivity contribution >= 4 is 22.8 Å². The fraction of sp³-hybridized carbons (Fsp3) is 0.125. The van der Waals surface area contributed by atoms with Crippen molar-refractivity contribution < 1.29 is 4.42 Å². The molecule has 0 aliphatic carbocycles. The molecule has 5 aromatic rings. The minimum Gasteiger partial charge on any atom is -0.467 e. The van der Waals surface area contributed by atoms with E-state index in [2.05, 4.69) is 4.98 Å². The van der Waals surface area contributed by atoms with Crippen molar-refractivity contribution in [3.63, 3.8) is 0 Å². The van der Waals surface area contributed by atoms with Crippen LogP contribution in [-0.2, 0) is 6.54 Å². The van der Waals surface area contributed by atoms with Gasteiger partial charge in [0, 0.05) is 5.02 Å². The number of fused-ring (bicyclic) bond motifs is 1. The predicted octanol–water partition coefficient (Wildman–Crippen LogP) is 4.25. The van der Waals surface area contributed by atoms with Gasteiger partial charge in [-0.2, -0.15) is 0 Å². The molecule has 3 heterocycles. The van der Waals surface area contributed by atoms with Gasteiger partial charge in [0.15, 0.2) is 11.2 Å². The number of hydrogen-bond donors (Lipinski definition) is 0. The van der Waals surface area contributed by atoms with E-state index in [9.17, 15) is 9.59 Å². The van der Waals surface area contributed by atoms with E-state index in [0.29, 0.717) is 27.6 Å². The largest absolute Gasteiger partial charge is 0.467 e. The summed E-state index contributed by atoms with van der Waals surface area (Å²) in [7, 11) is 0. The minimum absolute atomic E-state index is 0.0130. The Balaban J connectivity index is 1.80. The van der Waals surface area contributed by atoms with Crippen LogP contribution in [0.5, 0.6) is 0 Å². The van der Waals surface area contributed by atoms with Crippen molar-refractivity contribution in [2.45, 2.75) is 19.5 Å². The van der Waals surface area contributed by atoms with Crippen LogP contribution in [0.25, 0.3) is 16.9 Å². The molecule has 160 valence electrons. The van der Waals surface area contributed by atoms with Crippen LogP contribution in [0.2, 0.25) is 5.02 Å². The summed E-state index contributed by atoms with van der Waals surface area (Å²) in [6.45, 7) is 2.00.